The van der Waals surface area contributed by atoms with Gasteiger partial charge >= 0.3 is 0 Å². The molecule has 3 saturated heterocycles. The highest BCUT2D eigenvalue weighted by Gasteiger charge is 2.56. The minimum absolute atomic E-state index is 0.151. The van der Waals surface area contributed by atoms with Crippen molar-refractivity contribution in [2.75, 3.05) is 24.6 Å². The molecular weight excluding hydrogens is 470 g/mol. The Hall–Kier alpha value is -2.30. The molecule has 10 heteroatoms. The number of rotatable bonds is 3. The first-order valence-electron chi connectivity index (χ1n) is 12.2. The SMILES string of the molecule is CC1(C)OC2C(O1)[C@@H](CO)O[C@H]2n1cnc2c(N3CC4(CCCc5ccccc54)C3)nc(Cl)nc21. The number of fused-ring (bicyclic) bond motifs is 4. The van der Waals surface area contributed by atoms with Gasteiger partial charge < -0.3 is 24.2 Å². The maximum atomic E-state index is 9.86. The van der Waals surface area contributed by atoms with Crippen molar-refractivity contribution in [3.05, 3.63) is 47.0 Å². The molecule has 0 bridgehead atoms. The second kappa shape index (κ2) is 7.60. The van der Waals surface area contributed by atoms with Gasteiger partial charge in [0.25, 0.3) is 0 Å². The first-order valence-corrected chi connectivity index (χ1v) is 12.6. The van der Waals surface area contributed by atoms with Crippen LogP contribution in [0.5, 0.6) is 0 Å². The molecule has 0 amide bonds. The van der Waals surface area contributed by atoms with Gasteiger partial charge in [-0.15, -0.1) is 0 Å². The zero-order chi connectivity index (χ0) is 23.9. The summed E-state index contributed by atoms with van der Waals surface area (Å²) in [4.78, 5) is 16.0. The van der Waals surface area contributed by atoms with Crippen LogP contribution in [0.3, 0.4) is 0 Å². The number of anilines is 1. The van der Waals surface area contributed by atoms with Gasteiger partial charge in [0.05, 0.1) is 12.9 Å². The molecule has 1 N–H and O–H groups in total. The van der Waals surface area contributed by atoms with E-state index in [9.17, 15) is 5.11 Å². The molecule has 35 heavy (non-hydrogen) atoms. The number of imidazole rings is 1. The zero-order valence-corrected chi connectivity index (χ0v) is 20.5. The number of hydrogen-bond acceptors (Lipinski definition) is 8. The largest absolute Gasteiger partial charge is 0.394 e. The number of aromatic nitrogens is 4. The number of aliphatic hydroxyl groups is 1. The third-order valence-electron chi connectivity index (χ3n) is 7.93. The molecule has 5 heterocycles. The summed E-state index contributed by atoms with van der Waals surface area (Å²) >= 11 is 6.43. The van der Waals surface area contributed by atoms with E-state index >= 15 is 0 Å². The van der Waals surface area contributed by atoms with Crippen LogP contribution in [0, 0.1) is 0 Å². The molecule has 0 radical (unpaired) electrons. The summed E-state index contributed by atoms with van der Waals surface area (Å²) < 4.78 is 20.1. The molecule has 184 valence electrons. The highest BCUT2D eigenvalue weighted by Crippen LogP contribution is 2.47. The van der Waals surface area contributed by atoms with Gasteiger partial charge in [0.2, 0.25) is 5.28 Å². The highest BCUT2D eigenvalue weighted by molar-refractivity contribution is 6.28. The van der Waals surface area contributed by atoms with Crippen LogP contribution in [0.1, 0.15) is 44.0 Å². The molecule has 4 atom stereocenters. The summed E-state index contributed by atoms with van der Waals surface area (Å²) in [5.41, 5.74) is 4.34. The quantitative estimate of drug-likeness (QED) is 0.552. The van der Waals surface area contributed by atoms with Crippen LogP contribution in [0.4, 0.5) is 5.82 Å². The molecule has 3 aliphatic heterocycles. The summed E-state index contributed by atoms with van der Waals surface area (Å²) in [6.45, 7) is 5.32. The standard InChI is InChI=1S/C25H28ClN5O4/c1-24(2)34-18-16(10-32)33-22(19(18)35-24)31-13-27-17-20(28-23(26)29-21(17)31)30-11-25(12-30)9-5-7-14-6-3-4-8-15(14)25/h3-4,6,8,13,16,18-19,22,32H,5,7,9-12H2,1-2H3/t16-,18?,19?,22-/m1/s1. The molecule has 1 aliphatic carbocycles. The molecule has 1 aromatic carbocycles. The Morgan fingerprint density at radius 3 is 2.77 bits per heavy atom. The van der Waals surface area contributed by atoms with Gasteiger partial charge in [-0.25, -0.2) is 4.98 Å². The fourth-order valence-corrected chi connectivity index (χ4v) is 6.64. The molecular formula is C25H28ClN5O4. The number of nitrogens with zero attached hydrogens (tertiary/aromatic N) is 5. The molecule has 9 nitrogen and oxygen atoms in total. The van der Waals surface area contributed by atoms with Crippen molar-refractivity contribution >= 4 is 28.6 Å². The number of benzene rings is 1. The van der Waals surface area contributed by atoms with Crippen LogP contribution in [-0.4, -0.2) is 68.4 Å². The normalized spacial score (nSPS) is 30.5. The van der Waals surface area contributed by atoms with Crippen molar-refractivity contribution in [3.63, 3.8) is 0 Å². The third-order valence-corrected chi connectivity index (χ3v) is 8.10. The number of halogens is 1. The van der Waals surface area contributed by atoms with Gasteiger partial charge in [-0.1, -0.05) is 24.3 Å². The molecule has 4 aliphatic rings. The molecule has 7 rings (SSSR count). The number of hydrogen-bond donors (Lipinski definition) is 1. The van der Waals surface area contributed by atoms with Crippen molar-refractivity contribution in [2.45, 2.75) is 68.9 Å². The number of ether oxygens (including phenoxy) is 3. The van der Waals surface area contributed by atoms with Gasteiger partial charge in [-0.05, 0) is 55.8 Å². The van der Waals surface area contributed by atoms with Crippen LogP contribution in [-0.2, 0) is 26.0 Å². The topological polar surface area (TPSA) is 94.8 Å². The first-order chi connectivity index (χ1) is 16.9. The second-order valence-electron chi connectivity index (χ2n) is 10.6. The van der Waals surface area contributed by atoms with E-state index < -0.39 is 24.2 Å². The molecule has 0 saturated carbocycles. The Morgan fingerprint density at radius 2 is 1.94 bits per heavy atom. The van der Waals surface area contributed by atoms with Gasteiger partial charge in [-0.3, -0.25) is 4.57 Å². The Labute approximate surface area is 208 Å². The van der Waals surface area contributed by atoms with Crippen LogP contribution in [0.2, 0.25) is 5.28 Å². The van der Waals surface area contributed by atoms with Gasteiger partial charge in [0.15, 0.2) is 29.0 Å². The molecule has 3 fully saturated rings. The predicted molar refractivity (Wildman–Crippen MR) is 128 cm³/mol. The van der Waals surface area contributed by atoms with Crippen molar-refractivity contribution in [1.82, 2.24) is 19.5 Å². The Kier molecular flexibility index (Phi) is 4.76. The minimum atomic E-state index is -0.763. The summed E-state index contributed by atoms with van der Waals surface area (Å²) in [6.07, 6.45) is 3.39. The Balaban J connectivity index is 1.23. The number of aliphatic hydroxyl groups excluding tert-OH is 1. The maximum Gasteiger partial charge on any atom is 0.226 e. The van der Waals surface area contributed by atoms with E-state index in [0.29, 0.717) is 11.2 Å². The fraction of sp³-hybridized carbons (Fsp3) is 0.560. The molecule has 3 aromatic rings. The van der Waals surface area contributed by atoms with Crippen molar-refractivity contribution in [1.29, 1.82) is 0 Å². The maximum absolute atomic E-state index is 9.86. The van der Waals surface area contributed by atoms with Crippen LogP contribution < -0.4 is 4.90 Å². The Bertz CT molecular complexity index is 1310. The smallest absolute Gasteiger partial charge is 0.226 e. The van der Waals surface area contributed by atoms with Crippen molar-refractivity contribution < 1.29 is 19.3 Å². The molecule has 2 aromatic heterocycles. The van der Waals surface area contributed by atoms with Gasteiger partial charge in [0.1, 0.15) is 18.3 Å². The first kappa shape index (κ1) is 21.9. The van der Waals surface area contributed by atoms with E-state index in [1.165, 1.54) is 24.0 Å². The zero-order valence-electron chi connectivity index (χ0n) is 19.7. The van der Waals surface area contributed by atoms with Crippen LogP contribution in [0.15, 0.2) is 30.6 Å². The monoisotopic (exact) mass is 497 g/mol. The summed E-state index contributed by atoms with van der Waals surface area (Å²) in [5.74, 6) is -0.0223. The third kappa shape index (κ3) is 3.25. The van der Waals surface area contributed by atoms with E-state index in [0.717, 1.165) is 25.3 Å². The lowest BCUT2D eigenvalue weighted by Crippen LogP contribution is -2.61. The van der Waals surface area contributed by atoms with Crippen LogP contribution in [0.25, 0.3) is 11.2 Å². The van der Waals surface area contributed by atoms with E-state index in [2.05, 4.69) is 44.1 Å². The molecule has 1 spiro atoms. The van der Waals surface area contributed by atoms with Crippen molar-refractivity contribution in [3.8, 4) is 0 Å². The highest BCUT2D eigenvalue weighted by atomic mass is 35.5. The van der Waals surface area contributed by atoms with Gasteiger partial charge in [-0.2, -0.15) is 9.97 Å². The number of aryl methyl sites for hydroxylation is 1. The van der Waals surface area contributed by atoms with E-state index in [4.69, 9.17) is 25.8 Å². The predicted octanol–water partition coefficient (Wildman–Crippen LogP) is 2.98. The van der Waals surface area contributed by atoms with Crippen molar-refractivity contribution in [2.24, 2.45) is 0 Å². The van der Waals surface area contributed by atoms with E-state index in [-0.39, 0.29) is 23.4 Å². The van der Waals surface area contributed by atoms with E-state index in [1.807, 2.05) is 18.4 Å². The average Bonchev–Trinajstić information content (AvgIpc) is 3.46. The summed E-state index contributed by atoms with van der Waals surface area (Å²) in [6, 6.07) is 8.80. The lowest BCUT2D eigenvalue weighted by atomic mass is 9.65. The van der Waals surface area contributed by atoms with Gasteiger partial charge in [0, 0.05) is 18.5 Å². The Morgan fingerprint density at radius 1 is 1.14 bits per heavy atom. The lowest BCUT2D eigenvalue weighted by Gasteiger charge is -2.53. The second-order valence-corrected chi connectivity index (χ2v) is 10.9. The summed E-state index contributed by atoms with van der Waals surface area (Å²) in [5, 5.41) is 10.0. The molecule has 2 unspecified atom stereocenters. The summed E-state index contributed by atoms with van der Waals surface area (Å²) in [7, 11) is 0. The minimum Gasteiger partial charge on any atom is -0.394 e. The average molecular weight is 498 g/mol. The fourth-order valence-electron chi connectivity index (χ4n) is 6.48. The lowest BCUT2D eigenvalue weighted by molar-refractivity contribution is -0.199. The van der Waals surface area contributed by atoms with E-state index in [1.54, 1.807) is 6.33 Å². The van der Waals surface area contributed by atoms with Crippen LogP contribution >= 0.6 is 11.6 Å².